The molecule has 0 saturated carbocycles. The van der Waals surface area contributed by atoms with E-state index in [2.05, 4.69) is 35.6 Å². The molecule has 1 aromatic heterocycles. The molecule has 0 aliphatic heterocycles. The van der Waals surface area contributed by atoms with Gasteiger partial charge in [0.25, 0.3) is 0 Å². The van der Waals surface area contributed by atoms with Crippen LogP contribution in [0.3, 0.4) is 0 Å². The molecule has 1 atom stereocenters. The van der Waals surface area contributed by atoms with Gasteiger partial charge in [-0.25, -0.2) is 4.98 Å². The molecule has 0 bridgehead atoms. The van der Waals surface area contributed by atoms with E-state index in [4.69, 9.17) is 10.7 Å². The lowest BCUT2D eigenvalue weighted by Gasteiger charge is -2.21. The molecule has 4 heteroatoms. The first kappa shape index (κ1) is 13.8. The van der Waals surface area contributed by atoms with E-state index in [1.807, 2.05) is 32.3 Å². The van der Waals surface area contributed by atoms with Crippen LogP contribution in [0, 0.1) is 6.92 Å². The van der Waals surface area contributed by atoms with E-state index in [9.17, 15) is 0 Å². The van der Waals surface area contributed by atoms with Crippen LogP contribution in [0.5, 0.6) is 0 Å². The first-order valence-corrected chi connectivity index (χ1v) is 6.51. The molecule has 4 nitrogen and oxygen atoms in total. The van der Waals surface area contributed by atoms with Crippen LogP contribution < -0.4 is 5.73 Å². The minimum absolute atomic E-state index is 0.156. The van der Waals surface area contributed by atoms with E-state index in [1.165, 1.54) is 5.69 Å². The van der Waals surface area contributed by atoms with E-state index in [1.54, 1.807) is 0 Å². The predicted molar refractivity (Wildman–Crippen MR) is 78.9 cm³/mol. The average Bonchev–Trinajstić information content (AvgIpc) is 2.69. The smallest absolute Gasteiger partial charge is 0.140 e. The number of likely N-dealkylation sites (N-methyl/N-ethyl adjacent to an activating group) is 1. The molecule has 0 aliphatic carbocycles. The molecule has 102 valence electrons. The van der Waals surface area contributed by atoms with Crippen molar-refractivity contribution in [1.82, 2.24) is 14.5 Å². The quantitative estimate of drug-likeness (QED) is 0.912. The van der Waals surface area contributed by atoms with Gasteiger partial charge in [0, 0.05) is 24.8 Å². The minimum Gasteiger partial charge on any atom is -0.331 e. The first-order valence-electron chi connectivity index (χ1n) is 6.51. The topological polar surface area (TPSA) is 47.1 Å². The maximum Gasteiger partial charge on any atom is 0.140 e. The van der Waals surface area contributed by atoms with E-state index < -0.39 is 0 Å². The second-order valence-corrected chi connectivity index (χ2v) is 5.05. The molecular weight excluding hydrogens is 236 g/mol. The highest BCUT2D eigenvalue weighted by Crippen LogP contribution is 2.26. The second-order valence-electron chi connectivity index (χ2n) is 5.05. The van der Waals surface area contributed by atoms with Gasteiger partial charge in [0.1, 0.15) is 5.82 Å². The van der Waals surface area contributed by atoms with Gasteiger partial charge in [-0.1, -0.05) is 30.3 Å². The van der Waals surface area contributed by atoms with Crippen molar-refractivity contribution in [3.05, 3.63) is 41.7 Å². The third kappa shape index (κ3) is 2.55. The Bertz CT molecular complexity index is 543. The van der Waals surface area contributed by atoms with Crippen molar-refractivity contribution < 1.29 is 0 Å². The molecule has 0 fully saturated rings. The molecule has 0 radical (unpaired) electrons. The third-order valence-corrected chi connectivity index (χ3v) is 3.61. The van der Waals surface area contributed by atoms with Crippen LogP contribution in [0.15, 0.2) is 30.3 Å². The van der Waals surface area contributed by atoms with E-state index >= 15 is 0 Å². The standard InChI is InChI=1S/C15H22N4/c1-11-14(13(10-16)18(2)3)17-15(19(11)4)12-8-6-5-7-9-12/h5-9,13H,10,16H2,1-4H3. The zero-order chi connectivity index (χ0) is 14.0. The predicted octanol–water partition coefficient (Wildman–Crippen LogP) is 1.96. The summed E-state index contributed by atoms with van der Waals surface area (Å²) in [6, 6.07) is 10.4. The van der Waals surface area contributed by atoms with E-state index in [-0.39, 0.29) is 6.04 Å². The fraction of sp³-hybridized carbons (Fsp3) is 0.400. The van der Waals surface area contributed by atoms with Crippen molar-refractivity contribution in [2.24, 2.45) is 12.8 Å². The van der Waals surface area contributed by atoms with Crippen LogP contribution in [0.4, 0.5) is 0 Å². The lowest BCUT2D eigenvalue weighted by atomic mass is 10.1. The Morgan fingerprint density at radius 2 is 1.89 bits per heavy atom. The van der Waals surface area contributed by atoms with E-state index in [0.717, 1.165) is 17.1 Å². The van der Waals surface area contributed by atoms with Gasteiger partial charge in [-0.2, -0.15) is 0 Å². The Hall–Kier alpha value is -1.65. The third-order valence-electron chi connectivity index (χ3n) is 3.61. The summed E-state index contributed by atoms with van der Waals surface area (Å²) in [5, 5.41) is 0. The summed E-state index contributed by atoms with van der Waals surface area (Å²) in [5.74, 6) is 0.994. The first-order chi connectivity index (χ1) is 9.06. The Morgan fingerprint density at radius 3 is 2.42 bits per heavy atom. The molecular formula is C15H22N4. The largest absolute Gasteiger partial charge is 0.331 e. The van der Waals surface area contributed by atoms with Gasteiger partial charge in [-0.15, -0.1) is 0 Å². The summed E-state index contributed by atoms with van der Waals surface area (Å²) in [6.45, 7) is 2.67. The molecule has 2 N–H and O–H groups in total. The number of benzene rings is 1. The highest BCUT2D eigenvalue weighted by Gasteiger charge is 2.21. The fourth-order valence-electron chi connectivity index (χ4n) is 2.33. The summed E-state index contributed by atoms with van der Waals surface area (Å²) in [4.78, 5) is 6.93. The van der Waals surface area contributed by atoms with Crippen molar-refractivity contribution in [3.63, 3.8) is 0 Å². The molecule has 0 spiro atoms. The van der Waals surface area contributed by atoms with Gasteiger partial charge in [0.2, 0.25) is 0 Å². The highest BCUT2D eigenvalue weighted by atomic mass is 15.2. The summed E-state index contributed by atoms with van der Waals surface area (Å²) < 4.78 is 2.14. The minimum atomic E-state index is 0.156. The lowest BCUT2D eigenvalue weighted by molar-refractivity contribution is 0.299. The molecule has 0 amide bonds. The molecule has 2 aromatic rings. The summed E-state index contributed by atoms with van der Waals surface area (Å²) in [5.41, 5.74) is 9.25. The van der Waals surface area contributed by atoms with Gasteiger partial charge in [-0.05, 0) is 21.0 Å². The van der Waals surface area contributed by atoms with Crippen molar-refractivity contribution in [2.45, 2.75) is 13.0 Å². The Balaban J connectivity index is 2.50. The average molecular weight is 258 g/mol. The number of aromatic nitrogens is 2. The van der Waals surface area contributed by atoms with Crippen molar-refractivity contribution in [1.29, 1.82) is 0 Å². The number of imidazole rings is 1. The molecule has 19 heavy (non-hydrogen) atoms. The van der Waals surface area contributed by atoms with Crippen LogP contribution in [0.1, 0.15) is 17.4 Å². The van der Waals surface area contributed by atoms with Gasteiger partial charge >= 0.3 is 0 Å². The zero-order valence-corrected chi connectivity index (χ0v) is 12.1. The number of nitrogens with zero attached hydrogens (tertiary/aromatic N) is 3. The molecule has 1 heterocycles. The molecule has 2 rings (SSSR count). The highest BCUT2D eigenvalue weighted by molar-refractivity contribution is 5.56. The number of hydrogen-bond donors (Lipinski definition) is 1. The normalized spacial score (nSPS) is 12.9. The Morgan fingerprint density at radius 1 is 1.26 bits per heavy atom. The van der Waals surface area contributed by atoms with Crippen molar-refractivity contribution in [2.75, 3.05) is 20.6 Å². The second kappa shape index (κ2) is 5.55. The zero-order valence-electron chi connectivity index (χ0n) is 12.1. The summed E-state index contributed by atoms with van der Waals surface area (Å²) >= 11 is 0. The monoisotopic (exact) mass is 258 g/mol. The van der Waals surface area contributed by atoms with Gasteiger partial charge in [0.05, 0.1) is 11.7 Å². The summed E-state index contributed by atoms with van der Waals surface area (Å²) in [7, 11) is 6.12. The maximum absolute atomic E-state index is 5.88. The van der Waals surface area contributed by atoms with Gasteiger partial charge in [0.15, 0.2) is 0 Å². The molecule has 1 unspecified atom stereocenters. The van der Waals surface area contributed by atoms with Crippen LogP contribution in [-0.4, -0.2) is 35.1 Å². The number of rotatable bonds is 4. The van der Waals surface area contributed by atoms with Crippen LogP contribution in [0.25, 0.3) is 11.4 Å². The Labute approximate surface area is 114 Å². The molecule has 0 aliphatic rings. The molecule has 1 aromatic carbocycles. The van der Waals surface area contributed by atoms with E-state index in [0.29, 0.717) is 6.54 Å². The number of nitrogens with two attached hydrogens (primary N) is 1. The Kier molecular flexibility index (Phi) is 4.02. The van der Waals surface area contributed by atoms with Crippen LogP contribution >= 0.6 is 0 Å². The van der Waals surface area contributed by atoms with Gasteiger partial charge in [-0.3, -0.25) is 4.90 Å². The molecule has 0 saturated heterocycles. The number of hydrogen-bond acceptors (Lipinski definition) is 3. The summed E-state index contributed by atoms with van der Waals surface area (Å²) in [6.07, 6.45) is 0. The lowest BCUT2D eigenvalue weighted by Crippen LogP contribution is -2.28. The fourth-order valence-corrected chi connectivity index (χ4v) is 2.33. The SMILES string of the molecule is Cc1c(C(CN)N(C)C)nc(-c2ccccc2)n1C. The van der Waals surface area contributed by atoms with Crippen LogP contribution in [-0.2, 0) is 7.05 Å². The van der Waals surface area contributed by atoms with Crippen molar-refractivity contribution >= 4 is 0 Å². The van der Waals surface area contributed by atoms with Crippen LogP contribution in [0.2, 0.25) is 0 Å². The maximum atomic E-state index is 5.88. The van der Waals surface area contributed by atoms with Gasteiger partial charge < -0.3 is 10.3 Å². The van der Waals surface area contributed by atoms with Crippen molar-refractivity contribution in [3.8, 4) is 11.4 Å².